The fourth-order valence-corrected chi connectivity index (χ4v) is 3.70. The molecule has 1 aromatic rings. The summed E-state index contributed by atoms with van der Waals surface area (Å²) in [5.41, 5.74) is 1.56. The number of carbonyl (C=O) groups is 1. The Morgan fingerprint density at radius 3 is 2.58 bits per heavy atom. The quantitative estimate of drug-likeness (QED) is 0.737. The fourth-order valence-electron chi connectivity index (χ4n) is 3.70. The Balaban J connectivity index is 2.34. The maximum Gasteiger partial charge on any atom is 0.254 e. The molecule has 0 aliphatic heterocycles. The lowest BCUT2D eigenvalue weighted by atomic mass is 9.85. The van der Waals surface area contributed by atoms with Crippen LogP contribution in [0.25, 0.3) is 0 Å². The summed E-state index contributed by atoms with van der Waals surface area (Å²) >= 11 is 0. The van der Waals surface area contributed by atoms with E-state index in [2.05, 4.69) is 13.5 Å². The van der Waals surface area contributed by atoms with Gasteiger partial charge >= 0.3 is 0 Å². The molecule has 24 heavy (non-hydrogen) atoms. The molecule has 0 saturated heterocycles. The average Bonchev–Trinajstić information content (AvgIpc) is 2.60. The van der Waals surface area contributed by atoms with Crippen LogP contribution in [0, 0.1) is 5.92 Å². The average molecular weight is 331 g/mol. The molecule has 132 valence electrons. The third kappa shape index (κ3) is 3.74. The molecule has 4 nitrogen and oxygen atoms in total. The molecule has 0 radical (unpaired) electrons. The minimum Gasteiger partial charge on any atom is -0.493 e. The first-order valence-electron chi connectivity index (χ1n) is 8.66. The number of benzene rings is 1. The minimum absolute atomic E-state index is 0.0417. The number of allylic oxidation sites excluding steroid dienone is 1. The van der Waals surface area contributed by atoms with Crippen molar-refractivity contribution in [3.63, 3.8) is 0 Å². The number of nitrogens with zero attached hydrogens (tertiary/aromatic N) is 1. The monoisotopic (exact) mass is 331 g/mol. The maximum atomic E-state index is 13.0. The van der Waals surface area contributed by atoms with Crippen molar-refractivity contribution in [1.29, 1.82) is 0 Å². The third-order valence-electron chi connectivity index (χ3n) is 5.05. The number of amides is 1. The van der Waals surface area contributed by atoms with Crippen molar-refractivity contribution >= 4 is 5.91 Å². The second kappa shape index (κ2) is 8.22. The molecule has 0 bridgehead atoms. The first kappa shape index (κ1) is 18.4. The van der Waals surface area contributed by atoms with Gasteiger partial charge in [0.15, 0.2) is 11.5 Å². The van der Waals surface area contributed by atoms with Gasteiger partial charge in [0.1, 0.15) is 0 Å². The van der Waals surface area contributed by atoms with Crippen LogP contribution < -0.4 is 9.47 Å². The number of hydrogen-bond donors (Lipinski definition) is 0. The molecule has 1 aliphatic rings. The molecule has 0 spiro atoms. The van der Waals surface area contributed by atoms with E-state index >= 15 is 0 Å². The molecule has 2 unspecified atom stereocenters. The van der Waals surface area contributed by atoms with Crippen molar-refractivity contribution in [2.24, 2.45) is 5.92 Å². The highest BCUT2D eigenvalue weighted by Crippen LogP contribution is 2.34. The molecule has 0 aromatic heterocycles. The van der Waals surface area contributed by atoms with Gasteiger partial charge < -0.3 is 14.4 Å². The lowest BCUT2D eigenvalue weighted by Gasteiger charge is -2.36. The molecule has 1 aliphatic carbocycles. The SMILES string of the molecule is C=CCc1cc(C(=O)N(C)C2CCCCC2C)cc(OC)c1OC. The fraction of sp³-hybridized carbons (Fsp3) is 0.550. The van der Waals surface area contributed by atoms with Crippen LogP contribution in [-0.4, -0.2) is 38.1 Å². The van der Waals surface area contributed by atoms with Crippen molar-refractivity contribution in [2.45, 2.75) is 45.1 Å². The van der Waals surface area contributed by atoms with Crippen molar-refractivity contribution in [1.82, 2.24) is 4.90 Å². The van der Waals surface area contributed by atoms with Gasteiger partial charge in [0, 0.05) is 24.2 Å². The van der Waals surface area contributed by atoms with Gasteiger partial charge in [0.2, 0.25) is 0 Å². The zero-order valence-corrected chi connectivity index (χ0v) is 15.3. The molecular weight excluding hydrogens is 302 g/mol. The summed E-state index contributed by atoms with van der Waals surface area (Å²) in [4.78, 5) is 14.9. The second-order valence-corrected chi connectivity index (χ2v) is 6.61. The van der Waals surface area contributed by atoms with Gasteiger partial charge in [-0.15, -0.1) is 6.58 Å². The number of methoxy groups -OCH3 is 2. The van der Waals surface area contributed by atoms with Gasteiger partial charge in [0.05, 0.1) is 14.2 Å². The summed E-state index contributed by atoms with van der Waals surface area (Å²) < 4.78 is 10.9. The van der Waals surface area contributed by atoms with Crippen molar-refractivity contribution in [3.05, 3.63) is 35.9 Å². The molecule has 0 heterocycles. The molecule has 2 atom stereocenters. The smallest absolute Gasteiger partial charge is 0.254 e. The van der Waals surface area contributed by atoms with Gasteiger partial charge in [-0.05, 0) is 37.3 Å². The van der Waals surface area contributed by atoms with Crippen molar-refractivity contribution < 1.29 is 14.3 Å². The van der Waals surface area contributed by atoms with E-state index in [9.17, 15) is 4.79 Å². The lowest BCUT2D eigenvalue weighted by molar-refractivity contribution is 0.0628. The molecule has 1 amide bonds. The van der Waals surface area contributed by atoms with Crippen molar-refractivity contribution in [2.75, 3.05) is 21.3 Å². The Bertz CT molecular complexity index is 597. The van der Waals surface area contributed by atoms with Crippen LogP contribution in [0.2, 0.25) is 0 Å². The van der Waals surface area contributed by atoms with E-state index in [-0.39, 0.29) is 5.91 Å². The molecule has 1 saturated carbocycles. The zero-order chi connectivity index (χ0) is 17.7. The number of rotatable bonds is 6. The zero-order valence-electron chi connectivity index (χ0n) is 15.3. The van der Waals surface area contributed by atoms with Gasteiger partial charge in [-0.2, -0.15) is 0 Å². The largest absolute Gasteiger partial charge is 0.493 e. The molecule has 1 fully saturated rings. The standard InChI is InChI=1S/C20H29NO3/c1-6-9-15-12-16(13-18(23-4)19(15)24-5)20(22)21(3)17-11-8-7-10-14(17)2/h6,12-14,17H,1,7-11H2,2-5H3. The summed E-state index contributed by atoms with van der Waals surface area (Å²) in [5.74, 6) is 1.84. The van der Waals surface area contributed by atoms with E-state index in [1.165, 1.54) is 19.3 Å². The minimum atomic E-state index is 0.0417. The van der Waals surface area contributed by atoms with Crippen LogP contribution in [0.5, 0.6) is 11.5 Å². The van der Waals surface area contributed by atoms with E-state index in [0.29, 0.717) is 35.4 Å². The van der Waals surface area contributed by atoms with Gasteiger partial charge in [-0.3, -0.25) is 4.79 Å². The number of carbonyl (C=O) groups excluding carboxylic acids is 1. The highest BCUT2D eigenvalue weighted by Gasteiger charge is 2.29. The highest BCUT2D eigenvalue weighted by molar-refractivity contribution is 5.95. The van der Waals surface area contributed by atoms with E-state index in [1.54, 1.807) is 26.4 Å². The van der Waals surface area contributed by atoms with Gasteiger partial charge in [-0.25, -0.2) is 0 Å². The van der Waals surface area contributed by atoms with Gasteiger partial charge in [0.25, 0.3) is 5.91 Å². The summed E-state index contributed by atoms with van der Waals surface area (Å²) in [6.45, 7) is 6.03. The predicted octanol–water partition coefficient (Wildman–Crippen LogP) is 4.08. The van der Waals surface area contributed by atoms with E-state index in [1.807, 2.05) is 18.0 Å². The van der Waals surface area contributed by atoms with Gasteiger partial charge in [-0.1, -0.05) is 25.8 Å². The van der Waals surface area contributed by atoms with Crippen LogP contribution >= 0.6 is 0 Å². The second-order valence-electron chi connectivity index (χ2n) is 6.61. The van der Waals surface area contributed by atoms with Crippen LogP contribution in [-0.2, 0) is 6.42 Å². The number of ether oxygens (including phenoxy) is 2. The Hall–Kier alpha value is -1.97. The normalized spacial score (nSPS) is 20.3. The summed E-state index contributed by atoms with van der Waals surface area (Å²) in [6.07, 6.45) is 7.16. The van der Waals surface area contributed by atoms with Crippen LogP contribution in [0.1, 0.15) is 48.5 Å². The topological polar surface area (TPSA) is 38.8 Å². The maximum absolute atomic E-state index is 13.0. The van der Waals surface area contributed by atoms with E-state index in [0.717, 1.165) is 12.0 Å². The van der Waals surface area contributed by atoms with Crippen LogP contribution in [0.3, 0.4) is 0 Å². The molecule has 4 heteroatoms. The Morgan fingerprint density at radius 1 is 1.29 bits per heavy atom. The summed E-state index contributed by atoms with van der Waals surface area (Å²) in [6, 6.07) is 3.98. The van der Waals surface area contributed by atoms with E-state index in [4.69, 9.17) is 9.47 Å². The summed E-state index contributed by atoms with van der Waals surface area (Å²) in [7, 11) is 5.12. The van der Waals surface area contributed by atoms with Crippen molar-refractivity contribution in [3.8, 4) is 11.5 Å². The Kier molecular flexibility index (Phi) is 6.29. The third-order valence-corrected chi connectivity index (χ3v) is 5.05. The predicted molar refractivity (Wildman–Crippen MR) is 97.0 cm³/mol. The number of hydrogen-bond acceptors (Lipinski definition) is 3. The molecule has 2 rings (SSSR count). The first-order valence-corrected chi connectivity index (χ1v) is 8.66. The van der Waals surface area contributed by atoms with Crippen LogP contribution in [0.4, 0.5) is 0 Å². The van der Waals surface area contributed by atoms with Crippen LogP contribution in [0.15, 0.2) is 24.8 Å². The first-order chi connectivity index (χ1) is 11.5. The lowest BCUT2D eigenvalue weighted by Crippen LogP contribution is -2.42. The molecular formula is C20H29NO3. The Morgan fingerprint density at radius 2 is 2.00 bits per heavy atom. The Labute approximate surface area is 145 Å². The molecule has 1 aromatic carbocycles. The summed E-state index contributed by atoms with van der Waals surface area (Å²) in [5, 5.41) is 0. The van der Waals surface area contributed by atoms with E-state index < -0.39 is 0 Å². The molecule has 0 N–H and O–H groups in total. The highest BCUT2D eigenvalue weighted by atomic mass is 16.5.